The van der Waals surface area contributed by atoms with E-state index in [1.807, 2.05) is 54.6 Å². The van der Waals surface area contributed by atoms with Crippen molar-refractivity contribution in [2.45, 2.75) is 37.2 Å². The molecule has 2 fully saturated rings. The maximum Gasteiger partial charge on any atom is 0.410 e. The zero-order valence-corrected chi connectivity index (χ0v) is 18.7. The molecule has 1 N–H and O–H groups in total. The van der Waals surface area contributed by atoms with Crippen molar-refractivity contribution < 1.29 is 24.1 Å². The average molecular weight is 461 g/mol. The van der Waals surface area contributed by atoms with Gasteiger partial charge in [-0.2, -0.15) is 0 Å². The van der Waals surface area contributed by atoms with Crippen molar-refractivity contribution in [1.29, 1.82) is 0 Å². The Morgan fingerprint density at radius 3 is 2.47 bits per heavy atom. The molecule has 1 spiro atoms. The molecule has 8 heteroatoms. The Kier molecular flexibility index (Phi) is 6.79. The van der Waals surface area contributed by atoms with Crippen molar-refractivity contribution in [1.82, 2.24) is 9.80 Å². The molecular formula is C24H29ClN2O5. The van der Waals surface area contributed by atoms with Gasteiger partial charge in [-0.05, 0) is 17.7 Å². The van der Waals surface area contributed by atoms with Crippen LogP contribution in [0, 0.1) is 0 Å². The van der Waals surface area contributed by atoms with E-state index in [4.69, 9.17) is 14.2 Å². The van der Waals surface area contributed by atoms with Crippen LogP contribution in [0.25, 0.3) is 0 Å². The van der Waals surface area contributed by atoms with Crippen molar-refractivity contribution in [3.8, 4) is 11.5 Å². The maximum atomic E-state index is 12.4. The normalized spacial score (nSPS) is 22.8. The predicted octanol–water partition coefficient (Wildman–Crippen LogP) is 3.10. The van der Waals surface area contributed by atoms with Gasteiger partial charge in [0, 0.05) is 39.0 Å². The molecular weight excluding hydrogens is 432 g/mol. The lowest BCUT2D eigenvalue weighted by Gasteiger charge is -2.39. The minimum atomic E-state index is -0.650. The van der Waals surface area contributed by atoms with E-state index >= 15 is 0 Å². The Morgan fingerprint density at radius 2 is 1.72 bits per heavy atom. The molecule has 2 aromatic rings. The largest absolute Gasteiger partial charge is 0.486 e. The standard InChI is InChI=1S/C24H28N2O5.ClH/c27-19(22-16-29-20-8-4-5-9-21(20)30-22)15-25-12-10-24(11-13-25)17-26(23(28)31-24)14-18-6-2-1-3-7-18;/h1-9,19,22,27H,10-17H2;1H. The number of amides is 1. The number of β-amino-alcohol motifs (C(OH)–C–C–N with tert-alkyl or cyclic N) is 1. The van der Waals surface area contributed by atoms with E-state index in [0.29, 0.717) is 37.7 Å². The van der Waals surface area contributed by atoms with Gasteiger partial charge < -0.3 is 24.2 Å². The van der Waals surface area contributed by atoms with Crippen LogP contribution in [-0.4, -0.2) is 71.6 Å². The first-order valence-electron chi connectivity index (χ1n) is 10.9. The molecule has 2 unspecified atom stereocenters. The highest BCUT2D eigenvalue weighted by molar-refractivity contribution is 5.85. The second kappa shape index (κ2) is 9.57. The molecule has 7 nitrogen and oxygen atoms in total. The molecule has 32 heavy (non-hydrogen) atoms. The number of piperidine rings is 1. The topological polar surface area (TPSA) is 71.5 Å². The number of fused-ring (bicyclic) bond motifs is 1. The second-order valence-corrected chi connectivity index (χ2v) is 8.67. The number of hydrogen-bond donors (Lipinski definition) is 1. The average Bonchev–Trinajstić information content (AvgIpc) is 3.10. The zero-order chi connectivity index (χ0) is 21.3. The molecule has 3 heterocycles. The number of carbonyl (C=O) groups excluding carboxylic acids is 1. The number of likely N-dealkylation sites (tertiary alicyclic amines) is 1. The molecule has 0 aliphatic carbocycles. The number of aliphatic hydroxyl groups excluding tert-OH is 1. The van der Waals surface area contributed by atoms with Crippen molar-refractivity contribution in [2.24, 2.45) is 0 Å². The van der Waals surface area contributed by atoms with Crippen LogP contribution in [0.5, 0.6) is 11.5 Å². The molecule has 0 radical (unpaired) electrons. The fourth-order valence-electron chi connectivity index (χ4n) is 4.63. The van der Waals surface area contributed by atoms with Gasteiger partial charge in [0.25, 0.3) is 0 Å². The second-order valence-electron chi connectivity index (χ2n) is 8.67. The summed E-state index contributed by atoms with van der Waals surface area (Å²) in [4.78, 5) is 16.5. The van der Waals surface area contributed by atoms with Gasteiger partial charge in [0.15, 0.2) is 17.6 Å². The van der Waals surface area contributed by atoms with Crippen LogP contribution in [0.1, 0.15) is 18.4 Å². The van der Waals surface area contributed by atoms with Gasteiger partial charge in [-0.25, -0.2) is 4.79 Å². The highest BCUT2D eigenvalue weighted by Gasteiger charge is 2.47. The highest BCUT2D eigenvalue weighted by atomic mass is 35.5. The molecule has 2 aromatic carbocycles. The number of ether oxygens (including phenoxy) is 3. The van der Waals surface area contributed by atoms with Gasteiger partial charge in [-0.3, -0.25) is 4.90 Å². The maximum absolute atomic E-state index is 12.4. The first kappa shape index (κ1) is 22.7. The van der Waals surface area contributed by atoms with Crippen LogP contribution in [-0.2, 0) is 11.3 Å². The summed E-state index contributed by atoms with van der Waals surface area (Å²) < 4.78 is 17.5. The number of para-hydroxylation sites is 2. The van der Waals surface area contributed by atoms with Gasteiger partial charge in [0.1, 0.15) is 18.3 Å². The van der Waals surface area contributed by atoms with Crippen molar-refractivity contribution in [3.05, 3.63) is 60.2 Å². The van der Waals surface area contributed by atoms with E-state index in [0.717, 1.165) is 31.5 Å². The number of benzene rings is 2. The fourth-order valence-corrected chi connectivity index (χ4v) is 4.63. The van der Waals surface area contributed by atoms with Crippen LogP contribution >= 0.6 is 12.4 Å². The Balaban J connectivity index is 0.00000245. The minimum Gasteiger partial charge on any atom is -0.486 e. The fraction of sp³-hybridized carbons (Fsp3) is 0.458. The van der Waals surface area contributed by atoms with Gasteiger partial charge >= 0.3 is 6.09 Å². The molecule has 5 rings (SSSR count). The van der Waals surface area contributed by atoms with Crippen molar-refractivity contribution >= 4 is 18.5 Å². The number of halogens is 1. The van der Waals surface area contributed by atoms with Gasteiger partial charge in [-0.15, -0.1) is 12.4 Å². The first-order chi connectivity index (χ1) is 15.1. The van der Waals surface area contributed by atoms with Crippen molar-refractivity contribution in [3.63, 3.8) is 0 Å². The van der Waals surface area contributed by atoms with Gasteiger partial charge in [0.05, 0.1) is 6.54 Å². The van der Waals surface area contributed by atoms with Crippen LogP contribution in [0.4, 0.5) is 4.79 Å². The number of hydrogen-bond acceptors (Lipinski definition) is 6. The first-order valence-corrected chi connectivity index (χ1v) is 10.9. The SMILES string of the molecule is Cl.O=C1OC2(CCN(CC(O)C3COc4ccccc4O3)CC2)CN1Cc1ccccc1. The molecule has 0 bridgehead atoms. The summed E-state index contributed by atoms with van der Waals surface area (Å²) in [5.41, 5.74) is 0.685. The quantitative estimate of drug-likeness (QED) is 0.739. The van der Waals surface area contributed by atoms with Crippen LogP contribution in [0.15, 0.2) is 54.6 Å². The lowest BCUT2D eigenvalue weighted by Crippen LogP contribution is -2.51. The number of nitrogens with zero attached hydrogens (tertiary/aromatic N) is 2. The Labute approximate surface area is 194 Å². The van der Waals surface area contributed by atoms with Crippen molar-refractivity contribution in [2.75, 3.05) is 32.8 Å². The lowest BCUT2D eigenvalue weighted by atomic mass is 9.91. The molecule has 0 aromatic heterocycles. The summed E-state index contributed by atoms with van der Waals surface area (Å²) in [6.45, 7) is 3.58. The van der Waals surface area contributed by atoms with E-state index in [1.54, 1.807) is 4.90 Å². The summed E-state index contributed by atoms with van der Waals surface area (Å²) in [5.74, 6) is 1.39. The summed E-state index contributed by atoms with van der Waals surface area (Å²) >= 11 is 0. The third-order valence-corrected chi connectivity index (χ3v) is 6.43. The molecule has 3 aliphatic rings. The Morgan fingerprint density at radius 1 is 1.03 bits per heavy atom. The summed E-state index contributed by atoms with van der Waals surface area (Å²) in [6.07, 6.45) is 0.256. The van der Waals surface area contributed by atoms with Crippen LogP contribution in [0.2, 0.25) is 0 Å². The molecule has 172 valence electrons. The third kappa shape index (κ3) is 4.80. The third-order valence-electron chi connectivity index (χ3n) is 6.43. The molecule has 2 saturated heterocycles. The minimum absolute atomic E-state index is 0. The number of aliphatic hydroxyl groups is 1. The highest BCUT2D eigenvalue weighted by Crippen LogP contribution is 2.35. The summed E-state index contributed by atoms with van der Waals surface area (Å²) in [5, 5.41) is 10.7. The summed E-state index contributed by atoms with van der Waals surface area (Å²) in [6, 6.07) is 17.5. The monoisotopic (exact) mass is 460 g/mol. The smallest absolute Gasteiger partial charge is 0.410 e. The lowest BCUT2D eigenvalue weighted by molar-refractivity contribution is -0.0451. The van der Waals surface area contributed by atoms with Gasteiger partial charge in [0.2, 0.25) is 0 Å². The van der Waals surface area contributed by atoms with E-state index in [1.165, 1.54) is 0 Å². The molecule has 2 atom stereocenters. The van der Waals surface area contributed by atoms with Crippen LogP contribution in [0.3, 0.4) is 0 Å². The predicted molar refractivity (Wildman–Crippen MR) is 121 cm³/mol. The summed E-state index contributed by atoms with van der Waals surface area (Å²) in [7, 11) is 0. The Bertz CT molecular complexity index is 920. The molecule has 3 aliphatic heterocycles. The van der Waals surface area contributed by atoms with E-state index < -0.39 is 17.8 Å². The van der Waals surface area contributed by atoms with Gasteiger partial charge in [-0.1, -0.05) is 42.5 Å². The van der Waals surface area contributed by atoms with E-state index in [9.17, 15) is 9.90 Å². The van der Waals surface area contributed by atoms with E-state index in [2.05, 4.69) is 4.90 Å². The number of carbonyl (C=O) groups is 1. The molecule has 1 amide bonds. The Hall–Kier alpha value is -2.48. The molecule has 0 saturated carbocycles. The number of rotatable bonds is 5. The van der Waals surface area contributed by atoms with Crippen LogP contribution < -0.4 is 9.47 Å². The zero-order valence-electron chi connectivity index (χ0n) is 17.9. The van der Waals surface area contributed by atoms with E-state index in [-0.39, 0.29) is 18.5 Å².